The first-order valence-corrected chi connectivity index (χ1v) is 5.28. The number of alkyl halides is 3. The van der Waals surface area contributed by atoms with Gasteiger partial charge in [0, 0.05) is 6.04 Å². The van der Waals surface area contributed by atoms with Gasteiger partial charge in [-0.2, -0.15) is 13.2 Å². The molecule has 0 aliphatic carbocycles. The molecule has 2 N–H and O–H groups in total. The van der Waals surface area contributed by atoms with Crippen molar-refractivity contribution in [1.29, 1.82) is 0 Å². The molecule has 1 unspecified atom stereocenters. The molecule has 14 heavy (non-hydrogen) atoms. The molecule has 0 saturated heterocycles. The second-order valence-corrected chi connectivity index (χ2v) is 3.78. The minimum atomic E-state index is -4.11. The number of hydrogen-bond acceptors (Lipinski definition) is 1. The molecular formula is C10H20F3N. The molecule has 0 bridgehead atoms. The van der Waals surface area contributed by atoms with Crippen LogP contribution >= 0.6 is 0 Å². The van der Waals surface area contributed by atoms with Crippen LogP contribution in [0.25, 0.3) is 0 Å². The van der Waals surface area contributed by atoms with Gasteiger partial charge in [0.2, 0.25) is 0 Å². The van der Waals surface area contributed by atoms with E-state index >= 15 is 0 Å². The van der Waals surface area contributed by atoms with Gasteiger partial charge in [0.25, 0.3) is 0 Å². The van der Waals surface area contributed by atoms with Gasteiger partial charge in [-0.25, -0.2) is 0 Å². The summed E-state index contributed by atoms with van der Waals surface area (Å²) in [7, 11) is 0. The maximum Gasteiger partial charge on any atom is 0.390 e. The van der Waals surface area contributed by atoms with Crippen molar-refractivity contribution in [2.45, 2.75) is 64.1 Å². The topological polar surface area (TPSA) is 26.0 Å². The smallest absolute Gasteiger partial charge is 0.327 e. The maximum atomic E-state index is 11.9. The van der Waals surface area contributed by atoms with Crippen molar-refractivity contribution in [3.05, 3.63) is 0 Å². The van der Waals surface area contributed by atoms with Crippen LogP contribution in [0.15, 0.2) is 0 Å². The van der Waals surface area contributed by atoms with Crippen molar-refractivity contribution in [3.8, 4) is 0 Å². The van der Waals surface area contributed by atoms with Gasteiger partial charge in [-0.3, -0.25) is 0 Å². The largest absolute Gasteiger partial charge is 0.390 e. The predicted octanol–water partition coefficient (Wildman–Crippen LogP) is 3.63. The summed E-state index contributed by atoms with van der Waals surface area (Å²) in [4.78, 5) is 0. The summed E-state index contributed by atoms with van der Waals surface area (Å²) in [6.07, 6.45) is 0.766. The highest BCUT2D eigenvalue weighted by atomic mass is 19.4. The van der Waals surface area contributed by atoms with Crippen LogP contribution < -0.4 is 5.73 Å². The second kappa shape index (κ2) is 7.10. The number of unbranched alkanes of at least 4 members (excludes halogenated alkanes) is 4. The van der Waals surface area contributed by atoms with Crippen LogP contribution in [-0.2, 0) is 0 Å². The Labute approximate surface area is 83.9 Å². The lowest BCUT2D eigenvalue weighted by Gasteiger charge is -2.13. The summed E-state index contributed by atoms with van der Waals surface area (Å²) in [6, 6.07) is -0.711. The van der Waals surface area contributed by atoms with Gasteiger partial charge in [0.1, 0.15) is 0 Å². The Balaban J connectivity index is 3.31. The Bertz CT molecular complexity index is 134. The molecule has 0 rings (SSSR count). The van der Waals surface area contributed by atoms with Crippen LogP contribution in [-0.4, -0.2) is 12.2 Å². The summed E-state index contributed by atoms with van der Waals surface area (Å²) in [5.74, 6) is 0. The average Bonchev–Trinajstić information content (AvgIpc) is 2.00. The molecule has 1 atom stereocenters. The molecular weight excluding hydrogens is 191 g/mol. The Morgan fingerprint density at radius 2 is 1.64 bits per heavy atom. The standard InChI is InChI=1S/C10H20F3N/c1-2-3-4-5-6-7-9(14)8-10(11,12)13/h9H,2-8,14H2,1H3. The first-order valence-electron chi connectivity index (χ1n) is 5.28. The van der Waals surface area contributed by atoms with Crippen LogP contribution in [0.3, 0.4) is 0 Å². The van der Waals surface area contributed by atoms with Crippen molar-refractivity contribution in [2.75, 3.05) is 0 Å². The van der Waals surface area contributed by atoms with Gasteiger partial charge in [0.15, 0.2) is 0 Å². The van der Waals surface area contributed by atoms with Gasteiger partial charge in [0.05, 0.1) is 6.42 Å². The van der Waals surface area contributed by atoms with Crippen LogP contribution in [0, 0.1) is 0 Å². The second-order valence-electron chi connectivity index (χ2n) is 3.78. The van der Waals surface area contributed by atoms with Crippen LogP contribution in [0.5, 0.6) is 0 Å². The van der Waals surface area contributed by atoms with E-state index in [2.05, 4.69) is 6.92 Å². The van der Waals surface area contributed by atoms with E-state index in [9.17, 15) is 13.2 Å². The van der Waals surface area contributed by atoms with Gasteiger partial charge < -0.3 is 5.73 Å². The molecule has 0 radical (unpaired) electrons. The van der Waals surface area contributed by atoms with Gasteiger partial charge >= 0.3 is 6.18 Å². The number of hydrogen-bond donors (Lipinski definition) is 1. The lowest BCUT2D eigenvalue weighted by Crippen LogP contribution is -2.27. The van der Waals surface area contributed by atoms with Crippen LogP contribution in [0.2, 0.25) is 0 Å². The Kier molecular flexibility index (Phi) is 6.97. The summed E-state index contributed by atoms with van der Waals surface area (Å²) < 4.78 is 35.6. The molecule has 0 fully saturated rings. The quantitative estimate of drug-likeness (QED) is 0.639. The van der Waals surface area contributed by atoms with E-state index in [1.54, 1.807) is 0 Å². The van der Waals surface area contributed by atoms with Gasteiger partial charge in [-0.1, -0.05) is 39.0 Å². The number of rotatable bonds is 7. The fraction of sp³-hybridized carbons (Fsp3) is 1.00. The van der Waals surface area contributed by atoms with Crippen molar-refractivity contribution >= 4 is 0 Å². The average molecular weight is 211 g/mol. The highest BCUT2D eigenvalue weighted by Gasteiger charge is 2.29. The highest BCUT2D eigenvalue weighted by Crippen LogP contribution is 2.22. The third-order valence-corrected chi connectivity index (χ3v) is 2.17. The Morgan fingerprint density at radius 1 is 1.07 bits per heavy atom. The lowest BCUT2D eigenvalue weighted by molar-refractivity contribution is -0.138. The fourth-order valence-corrected chi connectivity index (χ4v) is 1.41. The van der Waals surface area contributed by atoms with E-state index in [0.717, 1.165) is 32.1 Å². The molecule has 0 saturated carbocycles. The molecule has 86 valence electrons. The maximum absolute atomic E-state index is 11.9. The third-order valence-electron chi connectivity index (χ3n) is 2.17. The summed E-state index contributed by atoms with van der Waals surface area (Å²) in [5.41, 5.74) is 5.35. The molecule has 0 aliphatic heterocycles. The number of nitrogens with two attached hydrogens (primary N) is 1. The van der Waals surface area contributed by atoms with Crippen molar-refractivity contribution in [2.24, 2.45) is 5.73 Å². The molecule has 1 nitrogen and oxygen atoms in total. The van der Waals surface area contributed by atoms with Crippen molar-refractivity contribution in [1.82, 2.24) is 0 Å². The predicted molar refractivity (Wildman–Crippen MR) is 52.0 cm³/mol. The molecule has 0 aromatic heterocycles. The molecule has 0 aliphatic rings. The van der Waals surface area contributed by atoms with E-state index in [1.165, 1.54) is 0 Å². The Hall–Kier alpha value is -0.250. The van der Waals surface area contributed by atoms with E-state index in [-0.39, 0.29) is 0 Å². The first-order chi connectivity index (χ1) is 6.45. The first kappa shape index (κ1) is 13.8. The van der Waals surface area contributed by atoms with E-state index in [4.69, 9.17) is 5.73 Å². The minimum absolute atomic E-state index is 0.489. The molecule has 0 aromatic carbocycles. The lowest BCUT2D eigenvalue weighted by atomic mass is 10.0. The normalized spacial score (nSPS) is 14.4. The van der Waals surface area contributed by atoms with Crippen LogP contribution in [0.1, 0.15) is 51.9 Å². The van der Waals surface area contributed by atoms with E-state index in [1.807, 2.05) is 0 Å². The summed E-state index contributed by atoms with van der Waals surface area (Å²) >= 11 is 0. The van der Waals surface area contributed by atoms with E-state index in [0.29, 0.717) is 6.42 Å². The fourth-order valence-electron chi connectivity index (χ4n) is 1.41. The summed E-state index contributed by atoms with van der Waals surface area (Å²) in [6.45, 7) is 2.11. The highest BCUT2D eigenvalue weighted by molar-refractivity contribution is 4.66. The van der Waals surface area contributed by atoms with Crippen molar-refractivity contribution in [3.63, 3.8) is 0 Å². The van der Waals surface area contributed by atoms with Gasteiger partial charge in [-0.15, -0.1) is 0 Å². The van der Waals surface area contributed by atoms with Gasteiger partial charge in [-0.05, 0) is 6.42 Å². The van der Waals surface area contributed by atoms with Crippen LogP contribution in [0.4, 0.5) is 13.2 Å². The third kappa shape index (κ3) is 9.84. The monoisotopic (exact) mass is 211 g/mol. The molecule has 0 amide bonds. The van der Waals surface area contributed by atoms with Crippen molar-refractivity contribution < 1.29 is 13.2 Å². The van der Waals surface area contributed by atoms with E-state index < -0.39 is 18.6 Å². The molecule has 0 heterocycles. The SMILES string of the molecule is CCCCCCCC(N)CC(F)(F)F. The number of halogens is 3. The molecule has 0 aromatic rings. The molecule has 4 heteroatoms. The summed E-state index contributed by atoms with van der Waals surface area (Å²) in [5, 5.41) is 0. The molecule has 0 spiro atoms. The zero-order valence-corrected chi connectivity index (χ0v) is 8.74. The zero-order valence-electron chi connectivity index (χ0n) is 8.74. The minimum Gasteiger partial charge on any atom is -0.327 e. The Morgan fingerprint density at radius 3 is 2.14 bits per heavy atom. The zero-order chi connectivity index (χ0) is 11.0.